The molecule has 18 heavy (non-hydrogen) atoms. The second-order valence-corrected chi connectivity index (χ2v) is 7.13. The van der Waals surface area contributed by atoms with Crippen LogP contribution in [-0.4, -0.2) is 32.4 Å². The van der Waals surface area contributed by atoms with Crippen molar-refractivity contribution >= 4 is 10.0 Å². The fourth-order valence-corrected chi connectivity index (χ4v) is 1.91. The van der Waals surface area contributed by atoms with Gasteiger partial charge in [0, 0.05) is 14.1 Å². The van der Waals surface area contributed by atoms with E-state index >= 15 is 0 Å². The molecule has 0 bridgehead atoms. The van der Waals surface area contributed by atoms with Crippen molar-refractivity contribution in [3.8, 4) is 0 Å². The summed E-state index contributed by atoms with van der Waals surface area (Å²) in [4.78, 5) is 5.31. The molecular formula is C11H20N2O4S. The Balaban J connectivity index is 2.65. The number of nitrogens with zero attached hydrogens (tertiary/aromatic N) is 1. The number of rotatable bonds is 5. The van der Waals surface area contributed by atoms with Crippen LogP contribution in [0.5, 0.6) is 0 Å². The molecule has 1 aromatic rings. The first-order chi connectivity index (χ1) is 8.13. The normalized spacial score (nSPS) is 13.2. The lowest BCUT2D eigenvalue weighted by Gasteiger charge is -2.18. The predicted octanol–water partition coefficient (Wildman–Crippen LogP) is 1.35. The zero-order chi connectivity index (χ0) is 14.0. The molecular weight excluding hydrogens is 256 g/mol. The lowest BCUT2D eigenvalue weighted by Crippen LogP contribution is -2.28. The molecule has 0 fully saturated rings. The van der Waals surface area contributed by atoms with E-state index in [1.54, 1.807) is 6.07 Å². The van der Waals surface area contributed by atoms with Gasteiger partial charge in [0.1, 0.15) is 5.76 Å². The van der Waals surface area contributed by atoms with Crippen LogP contribution in [0.2, 0.25) is 0 Å². The Bertz CT molecular complexity index is 485. The number of furan rings is 1. The fourth-order valence-electron chi connectivity index (χ4n) is 1.10. The SMILES string of the molecule is CN(C)S(=O)(=O)c1ccc(CNOC(C)(C)C)o1. The van der Waals surface area contributed by atoms with Crippen LogP contribution < -0.4 is 5.48 Å². The van der Waals surface area contributed by atoms with Gasteiger partial charge in [-0.1, -0.05) is 0 Å². The van der Waals surface area contributed by atoms with Crippen molar-refractivity contribution < 1.29 is 17.7 Å². The zero-order valence-corrected chi connectivity index (χ0v) is 12.2. The van der Waals surface area contributed by atoms with Crippen molar-refractivity contribution in [3.05, 3.63) is 17.9 Å². The molecule has 0 aliphatic rings. The molecule has 0 saturated carbocycles. The molecule has 1 heterocycles. The van der Waals surface area contributed by atoms with Gasteiger partial charge in [-0.2, -0.15) is 5.48 Å². The third-order valence-electron chi connectivity index (χ3n) is 2.00. The van der Waals surface area contributed by atoms with Crippen LogP contribution >= 0.6 is 0 Å². The summed E-state index contributed by atoms with van der Waals surface area (Å²) in [6, 6.07) is 3.04. The van der Waals surface area contributed by atoms with Gasteiger partial charge in [-0.15, -0.1) is 0 Å². The highest BCUT2D eigenvalue weighted by molar-refractivity contribution is 7.88. The van der Waals surface area contributed by atoms with Gasteiger partial charge in [0.15, 0.2) is 0 Å². The number of nitrogens with one attached hydrogen (secondary N) is 1. The second-order valence-electron chi connectivity index (χ2n) is 5.04. The van der Waals surface area contributed by atoms with Gasteiger partial charge in [-0.25, -0.2) is 12.7 Å². The Kier molecular flexibility index (Phi) is 4.55. The molecule has 0 aliphatic carbocycles. The van der Waals surface area contributed by atoms with Gasteiger partial charge < -0.3 is 4.42 Å². The van der Waals surface area contributed by atoms with E-state index in [2.05, 4.69) is 5.48 Å². The Hall–Kier alpha value is -0.890. The van der Waals surface area contributed by atoms with Crippen LogP contribution in [0.1, 0.15) is 26.5 Å². The molecule has 1 N–H and O–H groups in total. The molecule has 1 aromatic heterocycles. The first-order valence-corrected chi connectivity index (χ1v) is 6.99. The van der Waals surface area contributed by atoms with Crippen LogP contribution in [-0.2, 0) is 21.4 Å². The minimum Gasteiger partial charge on any atom is -0.447 e. The van der Waals surface area contributed by atoms with Crippen molar-refractivity contribution in [3.63, 3.8) is 0 Å². The third-order valence-corrected chi connectivity index (χ3v) is 3.69. The zero-order valence-electron chi connectivity index (χ0n) is 11.4. The minimum absolute atomic E-state index is 0.0694. The van der Waals surface area contributed by atoms with Crippen LogP contribution in [0.3, 0.4) is 0 Å². The fraction of sp³-hybridized carbons (Fsp3) is 0.636. The summed E-state index contributed by atoms with van der Waals surface area (Å²) in [5.74, 6) is 0.500. The van der Waals surface area contributed by atoms with E-state index in [1.807, 2.05) is 20.8 Å². The maximum absolute atomic E-state index is 11.8. The average molecular weight is 276 g/mol. The Morgan fingerprint density at radius 3 is 2.44 bits per heavy atom. The Morgan fingerprint density at radius 2 is 1.94 bits per heavy atom. The highest BCUT2D eigenvalue weighted by Gasteiger charge is 2.21. The molecule has 0 aliphatic heterocycles. The number of hydrogen-bond donors (Lipinski definition) is 1. The van der Waals surface area contributed by atoms with Gasteiger partial charge in [-0.3, -0.25) is 4.84 Å². The third kappa shape index (κ3) is 4.09. The van der Waals surface area contributed by atoms with E-state index in [-0.39, 0.29) is 10.7 Å². The van der Waals surface area contributed by atoms with Gasteiger partial charge in [0.05, 0.1) is 12.1 Å². The summed E-state index contributed by atoms with van der Waals surface area (Å²) in [5.41, 5.74) is 2.42. The van der Waals surface area contributed by atoms with Crippen LogP contribution in [0, 0.1) is 0 Å². The van der Waals surface area contributed by atoms with Crippen molar-refractivity contribution in [2.24, 2.45) is 0 Å². The van der Waals surface area contributed by atoms with Crippen LogP contribution in [0.25, 0.3) is 0 Å². The highest BCUT2D eigenvalue weighted by Crippen LogP contribution is 2.16. The van der Waals surface area contributed by atoms with Gasteiger partial charge in [0.2, 0.25) is 5.09 Å². The number of sulfonamides is 1. The van der Waals surface area contributed by atoms with Gasteiger partial charge >= 0.3 is 0 Å². The molecule has 104 valence electrons. The summed E-state index contributed by atoms with van der Waals surface area (Å²) in [6.45, 7) is 6.03. The first kappa shape index (κ1) is 15.2. The molecule has 7 heteroatoms. The van der Waals surface area contributed by atoms with Crippen LogP contribution in [0.4, 0.5) is 0 Å². The standard InChI is InChI=1S/C11H20N2O4S/c1-11(2,3)17-12-8-9-6-7-10(16-9)18(14,15)13(4)5/h6-7,12H,8H2,1-5H3. The second kappa shape index (κ2) is 5.40. The van der Waals surface area contributed by atoms with Gasteiger partial charge in [0.25, 0.3) is 10.0 Å². The van der Waals surface area contributed by atoms with E-state index in [4.69, 9.17) is 9.25 Å². The molecule has 1 rings (SSSR count). The minimum atomic E-state index is -3.51. The molecule has 6 nitrogen and oxygen atoms in total. The molecule has 0 unspecified atom stereocenters. The summed E-state index contributed by atoms with van der Waals surface area (Å²) in [7, 11) is -0.598. The van der Waals surface area contributed by atoms with Gasteiger partial charge in [-0.05, 0) is 32.9 Å². The van der Waals surface area contributed by atoms with Crippen molar-refractivity contribution in [2.45, 2.75) is 38.0 Å². The van der Waals surface area contributed by atoms with Crippen molar-refractivity contribution in [1.29, 1.82) is 0 Å². The van der Waals surface area contributed by atoms with E-state index in [0.717, 1.165) is 4.31 Å². The summed E-state index contributed by atoms with van der Waals surface area (Å²) in [6.07, 6.45) is 0. The number of hydrogen-bond acceptors (Lipinski definition) is 5. The van der Waals surface area contributed by atoms with E-state index < -0.39 is 10.0 Å². The summed E-state index contributed by atoms with van der Waals surface area (Å²) >= 11 is 0. The molecule has 0 amide bonds. The van der Waals surface area contributed by atoms with Crippen LogP contribution in [0.15, 0.2) is 21.6 Å². The Morgan fingerprint density at radius 1 is 1.33 bits per heavy atom. The molecule has 0 spiro atoms. The lowest BCUT2D eigenvalue weighted by molar-refractivity contribution is -0.0777. The first-order valence-electron chi connectivity index (χ1n) is 5.55. The maximum Gasteiger partial charge on any atom is 0.275 e. The molecule has 0 saturated heterocycles. The highest BCUT2D eigenvalue weighted by atomic mass is 32.2. The van der Waals surface area contributed by atoms with Crippen molar-refractivity contribution in [1.82, 2.24) is 9.79 Å². The van der Waals surface area contributed by atoms with E-state index in [1.165, 1.54) is 20.2 Å². The molecule has 0 aromatic carbocycles. The quantitative estimate of drug-likeness (QED) is 0.822. The van der Waals surface area contributed by atoms with E-state index in [0.29, 0.717) is 12.3 Å². The molecule has 0 radical (unpaired) electrons. The monoisotopic (exact) mass is 276 g/mol. The average Bonchev–Trinajstić information content (AvgIpc) is 2.64. The largest absolute Gasteiger partial charge is 0.447 e. The predicted molar refractivity (Wildman–Crippen MR) is 67.3 cm³/mol. The summed E-state index contributed by atoms with van der Waals surface area (Å²) < 4.78 is 29.9. The molecule has 0 atom stereocenters. The lowest BCUT2D eigenvalue weighted by atomic mass is 10.2. The van der Waals surface area contributed by atoms with Crippen molar-refractivity contribution in [2.75, 3.05) is 14.1 Å². The smallest absolute Gasteiger partial charge is 0.275 e. The van der Waals surface area contributed by atoms with E-state index in [9.17, 15) is 8.42 Å². The summed E-state index contributed by atoms with van der Waals surface area (Å²) in [5, 5.41) is -0.0694. The maximum atomic E-state index is 11.8. The number of hydroxylamine groups is 1. The topological polar surface area (TPSA) is 71.8 Å². The Labute approximate surface area is 108 Å².